The molecule has 2 rings (SSSR count). The number of carbonyl (C=O) groups excluding carboxylic acids is 3. The van der Waals surface area contributed by atoms with Gasteiger partial charge in [-0.15, -0.1) is 0 Å². The molecule has 1 aliphatic rings. The molecule has 1 fully saturated rings. The van der Waals surface area contributed by atoms with E-state index in [9.17, 15) is 14.4 Å². The van der Waals surface area contributed by atoms with Gasteiger partial charge in [0.05, 0.1) is 0 Å². The Morgan fingerprint density at radius 1 is 1.21 bits per heavy atom. The summed E-state index contributed by atoms with van der Waals surface area (Å²) in [7, 11) is 0. The van der Waals surface area contributed by atoms with Crippen molar-refractivity contribution < 1.29 is 14.4 Å². The third kappa shape index (κ3) is 2.99. The molecule has 1 heterocycles. The fraction of sp³-hybridized carbons (Fsp3) is 0.357. The van der Waals surface area contributed by atoms with Crippen molar-refractivity contribution in [3.8, 4) is 0 Å². The summed E-state index contributed by atoms with van der Waals surface area (Å²) in [5.41, 5.74) is 2.69. The normalized spacial score (nSPS) is 14.9. The first kappa shape index (κ1) is 13.3. The van der Waals surface area contributed by atoms with E-state index in [1.807, 2.05) is 32.0 Å². The lowest BCUT2D eigenvalue weighted by molar-refractivity contribution is -0.141. The number of nitrogens with zero attached hydrogens (tertiary/aromatic N) is 1. The smallest absolute Gasteiger partial charge is 0.244 e. The highest BCUT2D eigenvalue weighted by Gasteiger charge is 2.30. The monoisotopic (exact) mass is 260 g/mol. The first-order valence-corrected chi connectivity index (χ1v) is 6.17. The van der Waals surface area contributed by atoms with Crippen LogP contribution in [-0.4, -0.2) is 29.2 Å². The van der Waals surface area contributed by atoms with Gasteiger partial charge in [0.1, 0.15) is 6.54 Å². The molecular formula is C14H16N2O3. The van der Waals surface area contributed by atoms with E-state index < -0.39 is 0 Å². The second-order valence-corrected chi connectivity index (χ2v) is 4.74. The molecule has 0 aromatic heterocycles. The van der Waals surface area contributed by atoms with Gasteiger partial charge in [0.25, 0.3) is 0 Å². The van der Waals surface area contributed by atoms with E-state index in [-0.39, 0.29) is 37.1 Å². The van der Waals surface area contributed by atoms with E-state index in [2.05, 4.69) is 5.32 Å². The maximum atomic E-state index is 11.9. The van der Waals surface area contributed by atoms with Crippen LogP contribution in [0.3, 0.4) is 0 Å². The first-order valence-electron chi connectivity index (χ1n) is 6.17. The molecule has 0 atom stereocenters. The van der Waals surface area contributed by atoms with Crippen LogP contribution in [0.15, 0.2) is 18.2 Å². The number of aryl methyl sites for hydroxylation is 2. The zero-order valence-electron chi connectivity index (χ0n) is 11.0. The zero-order valence-corrected chi connectivity index (χ0v) is 11.0. The minimum absolute atomic E-state index is 0.203. The van der Waals surface area contributed by atoms with Gasteiger partial charge in [-0.2, -0.15) is 0 Å². The second-order valence-electron chi connectivity index (χ2n) is 4.74. The number of imide groups is 1. The van der Waals surface area contributed by atoms with Gasteiger partial charge >= 0.3 is 0 Å². The number of anilines is 1. The van der Waals surface area contributed by atoms with Gasteiger partial charge in [0, 0.05) is 18.5 Å². The van der Waals surface area contributed by atoms with Gasteiger partial charge in [-0.05, 0) is 31.0 Å². The number of nitrogens with one attached hydrogen (secondary N) is 1. The lowest BCUT2D eigenvalue weighted by Crippen LogP contribution is -2.37. The molecule has 1 aliphatic heterocycles. The molecule has 0 unspecified atom stereocenters. The number of hydrogen-bond acceptors (Lipinski definition) is 3. The SMILES string of the molecule is Cc1ccc(C)c(NC(=O)CN2C(=O)CCC2=O)c1. The third-order valence-electron chi connectivity index (χ3n) is 3.12. The van der Waals surface area contributed by atoms with Crippen LogP contribution in [0.25, 0.3) is 0 Å². The number of carbonyl (C=O) groups is 3. The van der Waals surface area contributed by atoms with Gasteiger partial charge < -0.3 is 5.32 Å². The van der Waals surface area contributed by atoms with Gasteiger partial charge in [0.2, 0.25) is 17.7 Å². The average molecular weight is 260 g/mol. The van der Waals surface area contributed by atoms with E-state index in [1.54, 1.807) is 0 Å². The number of hydrogen-bond donors (Lipinski definition) is 1. The Bertz CT molecular complexity index is 536. The predicted octanol–water partition coefficient (Wildman–Crippen LogP) is 1.39. The standard InChI is InChI=1S/C14H16N2O3/c1-9-3-4-10(2)11(7-9)15-12(17)8-16-13(18)5-6-14(16)19/h3-4,7H,5-6,8H2,1-2H3,(H,15,17). The fourth-order valence-electron chi connectivity index (χ4n) is 2.00. The lowest BCUT2D eigenvalue weighted by atomic mass is 10.1. The summed E-state index contributed by atoms with van der Waals surface area (Å²) in [5, 5.41) is 2.73. The average Bonchev–Trinajstić information content (AvgIpc) is 2.65. The molecule has 19 heavy (non-hydrogen) atoms. The fourth-order valence-corrected chi connectivity index (χ4v) is 2.00. The number of likely N-dealkylation sites (tertiary alicyclic amines) is 1. The first-order chi connectivity index (χ1) is 8.97. The van der Waals surface area contributed by atoms with Crippen molar-refractivity contribution in [1.82, 2.24) is 4.90 Å². The van der Waals surface area contributed by atoms with Crippen molar-refractivity contribution in [2.75, 3.05) is 11.9 Å². The summed E-state index contributed by atoms with van der Waals surface area (Å²) < 4.78 is 0. The quantitative estimate of drug-likeness (QED) is 0.835. The number of rotatable bonds is 3. The van der Waals surface area contributed by atoms with E-state index in [4.69, 9.17) is 0 Å². The molecule has 0 radical (unpaired) electrons. The van der Waals surface area contributed by atoms with Crippen LogP contribution in [0, 0.1) is 13.8 Å². The summed E-state index contributed by atoms with van der Waals surface area (Å²) in [6, 6.07) is 5.73. The Hall–Kier alpha value is -2.17. The van der Waals surface area contributed by atoms with Crippen LogP contribution in [0.1, 0.15) is 24.0 Å². The molecule has 1 N–H and O–H groups in total. The maximum absolute atomic E-state index is 11.9. The van der Waals surface area contributed by atoms with Gasteiger partial charge in [0.15, 0.2) is 0 Å². The molecular weight excluding hydrogens is 244 g/mol. The molecule has 1 aromatic carbocycles. The summed E-state index contributed by atoms with van der Waals surface area (Å²) in [6.45, 7) is 3.62. The van der Waals surface area contributed by atoms with Crippen LogP contribution in [-0.2, 0) is 14.4 Å². The van der Waals surface area contributed by atoms with Crippen molar-refractivity contribution in [1.29, 1.82) is 0 Å². The Labute approximate surface area is 111 Å². The minimum Gasteiger partial charge on any atom is -0.324 e. The van der Waals surface area contributed by atoms with Crippen molar-refractivity contribution in [3.05, 3.63) is 29.3 Å². The molecule has 0 bridgehead atoms. The van der Waals surface area contributed by atoms with Crippen molar-refractivity contribution in [3.63, 3.8) is 0 Å². The lowest BCUT2D eigenvalue weighted by Gasteiger charge is -2.14. The molecule has 5 heteroatoms. The predicted molar refractivity (Wildman–Crippen MR) is 70.5 cm³/mol. The van der Waals surface area contributed by atoms with Crippen molar-refractivity contribution in [2.45, 2.75) is 26.7 Å². The largest absolute Gasteiger partial charge is 0.324 e. The van der Waals surface area contributed by atoms with Gasteiger partial charge in [-0.1, -0.05) is 12.1 Å². The minimum atomic E-state index is -0.350. The van der Waals surface area contributed by atoms with E-state index in [1.165, 1.54) is 0 Å². The Morgan fingerprint density at radius 2 is 1.84 bits per heavy atom. The van der Waals surface area contributed by atoms with E-state index in [0.29, 0.717) is 5.69 Å². The highest BCUT2D eigenvalue weighted by molar-refractivity contribution is 6.06. The summed E-state index contributed by atoms with van der Waals surface area (Å²) >= 11 is 0. The maximum Gasteiger partial charge on any atom is 0.244 e. The van der Waals surface area contributed by atoms with Crippen LogP contribution in [0.5, 0.6) is 0 Å². The van der Waals surface area contributed by atoms with E-state index in [0.717, 1.165) is 16.0 Å². The molecule has 100 valence electrons. The van der Waals surface area contributed by atoms with Crippen molar-refractivity contribution >= 4 is 23.4 Å². The Balaban J connectivity index is 2.03. The summed E-state index contributed by atoms with van der Waals surface area (Å²) in [4.78, 5) is 35.7. The van der Waals surface area contributed by atoms with Crippen molar-refractivity contribution in [2.24, 2.45) is 0 Å². The number of amides is 3. The summed E-state index contributed by atoms with van der Waals surface area (Å²) in [5.74, 6) is -0.903. The Kier molecular flexibility index (Phi) is 3.64. The molecule has 1 saturated heterocycles. The van der Waals surface area contributed by atoms with Crippen LogP contribution >= 0.6 is 0 Å². The van der Waals surface area contributed by atoms with Crippen LogP contribution in [0.2, 0.25) is 0 Å². The zero-order chi connectivity index (χ0) is 14.0. The topological polar surface area (TPSA) is 66.5 Å². The van der Waals surface area contributed by atoms with Crippen LogP contribution in [0.4, 0.5) is 5.69 Å². The highest BCUT2D eigenvalue weighted by Crippen LogP contribution is 2.17. The highest BCUT2D eigenvalue weighted by atomic mass is 16.2. The van der Waals surface area contributed by atoms with Crippen LogP contribution < -0.4 is 5.32 Å². The summed E-state index contributed by atoms with van der Waals surface area (Å²) in [6.07, 6.45) is 0.408. The third-order valence-corrected chi connectivity index (χ3v) is 3.12. The molecule has 0 spiro atoms. The Morgan fingerprint density at radius 3 is 2.47 bits per heavy atom. The van der Waals surface area contributed by atoms with Gasteiger partial charge in [-0.25, -0.2) is 0 Å². The van der Waals surface area contributed by atoms with E-state index >= 15 is 0 Å². The molecule has 3 amide bonds. The molecule has 1 aromatic rings. The molecule has 0 aliphatic carbocycles. The number of benzene rings is 1. The second kappa shape index (κ2) is 5.22. The molecule has 5 nitrogen and oxygen atoms in total. The van der Waals surface area contributed by atoms with Gasteiger partial charge in [-0.3, -0.25) is 19.3 Å². The molecule has 0 saturated carbocycles.